The van der Waals surface area contributed by atoms with Gasteiger partial charge < -0.3 is 14.6 Å². The normalized spacial score (nSPS) is 21.1. The van der Waals surface area contributed by atoms with Crippen LogP contribution in [-0.4, -0.2) is 35.4 Å². The minimum atomic E-state index is -0.0848. The van der Waals surface area contributed by atoms with Crippen LogP contribution in [0.5, 0.6) is 0 Å². The van der Waals surface area contributed by atoms with E-state index in [1.807, 2.05) is 36.1 Å². The van der Waals surface area contributed by atoms with Crippen LogP contribution in [0.1, 0.15) is 52.5 Å². The summed E-state index contributed by atoms with van der Waals surface area (Å²) in [6.45, 7) is 3.95. The average molecular weight is 346 g/mol. The van der Waals surface area contributed by atoms with Crippen molar-refractivity contribution in [3.63, 3.8) is 0 Å². The molecule has 1 unspecified atom stereocenters. The van der Waals surface area contributed by atoms with Crippen LogP contribution in [0.4, 0.5) is 0 Å². The van der Waals surface area contributed by atoms with Crippen molar-refractivity contribution in [1.29, 1.82) is 0 Å². The minimum Gasteiger partial charge on any atom is -0.435 e. The summed E-state index contributed by atoms with van der Waals surface area (Å²) in [4.78, 5) is 19.4. The number of carbonyl (C=O) groups is 1. The van der Waals surface area contributed by atoms with Crippen LogP contribution in [0.25, 0.3) is 0 Å². The van der Waals surface area contributed by atoms with E-state index < -0.39 is 0 Å². The van der Waals surface area contributed by atoms with Gasteiger partial charge >= 0.3 is 0 Å². The number of piperazine rings is 1. The SMILES string of the molecule is Cc1nc(C2CC2)oc1C(=O)N1CCNCC1c1cccc(Cl)c1. The summed E-state index contributed by atoms with van der Waals surface area (Å²) >= 11 is 6.13. The molecule has 1 saturated carbocycles. The monoisotopic (exact) mass is 345 g/mol. The van der Waals surface area contributed by atoms with Gasteiger partial charge in [-0.3, -0.25) is 4.79 Å². The van der Waals surface area contributed by atoms with Crippen LogP contribution in [0.15, 0.2) is 28.7 Å². The summed E-state index contributed by atoms with van der Waals surface area (Å²) < 4.78 is 5.81. The average Bonchev–Trinajstić information content (AvgIpc) is 3.37. The number of nitrogens with zero attached hydrogens (tertiary/aromatic N) is 2. The zero-order chi connectivity index (χ0) is 16.7. The lowest BCUT2D eigenvalue weighted by molar-refractivity contribution is 0.0599. The Hall–Kier alpha value is -1.85. The van der Waals surface area contributed by atoms with Crippen LogP contribution in [0, 0.1) is 6.92 Å². The third-order valence-corrected chi connectivity index (χ3v) is 4.91. The summed E-state index contributed by atoms with van der Waals surface area (Å²) in [6, 6.07) is 7.63. The predicted molar refractivity (Wildman–Crippen MR) is 91.3 cm³/mol. The molecular formula is C18H20ClN3O2. The second-order valence-corrected chi connectivity index (χ2v) is 6.95. The third-order valence-electron chi connectivity index (χ3n) is 4.67. The summed E-state index contributed by atoms with van der Waals surface area (Å²) in [5, 5.41) is 4.03. The van der Waals surface area contributed by atoms with Gasteiger partial charge in [-0.25, -0.2) is 4.98 Å². The van der Waals surface area contributed by atoms with E-state index in [4.69, 9.17) is 16.0 Å². The Kier molecular flexibility index (Phi) is 4.06. The highest BCUT2D eigenvalue weighted by molar-refractivity contribution is 6.30. The molecule has 126 valence electrons. The quantitative estimate of drug-likeness (QED) is 0.927. The summed E-state index contributed by atoms with van der Waals surface area (Å²) in [6.07, 6.45) is 2.21. The maximum Gasteiger partial charge on any atom is 0.292 e. The highest BCUT2D eigenvalue weighted by atomic mass is 35.5. The van der Waals surface area contributed by atoms with E-state index in [-0.39, 0.29) is 11.9 Å². The lowest BCUT2D eigenvalue weighted by Crippen LogP contribution is -2.48. The van der Waals surface area contributed by atoms with Gasteiger partial charge in [0.05, 0.1) is 11.7 Å². The summed E-state index contributed by atoms with van der Waals surface area (Å²) in [5.74, 6) is 1.41. The summed E-state index contributed by atoms with van der Waals surface area (Å²) in [5.41, 5.74) is 1.72. The zero-order valence-corrected chi connectivity index (χ0v) is 14.3. The first kappa shape index (κ1) is 15.7. The van der Waals surface area contributed by atoms with Crippen molar-refractivity contribution in [3.05, 3.63) is 52.2 Å². The van der Waals surface area contributed by atoms with Crippen molar-refractivity contribution in [2.75, 3.05) is 19.6 Å². The number of aryl methyl sites for hydroxylation is 1. The molecule has 24 heavy (non-hydrogen) atoms. The van der Waals surface area contributed by atoms with Gasteiger partial charge in [-0.15, -0.1) is 0 Å². The van der Waals surface area contributed by atoms with E-state index in [2.05, 4.69) is 10.3 Å². The molecule has 5 nitrogen and oxygen atoms in total. The molecule has 4 rings (SSSR count). The molecule has 2 aromatic rings. The van der Waals surface area contributed by atoms with Crippen LogP contribution < -0.4 is 5.32 Å². The molecule has 2 heterocycles. The van der Waals surface area contributed by atoms with E-state index in [1.54, 1.807) is 0 Å². The lowest BCUT2D eigenvalue weighted by Gasteiger charge is -2.36. The van der Waals surface area contributed by atoms with Crippen molar-refractivity contribution >= 4 is 17.5 Å². The number of carbonyl (C=O) groups excluding carboxylic acids is 1. The molecule has 1 N–H and O–H groups in total. The Morgan fingerprint density at radius 1 is 1.42 bits per heavy atom. The number of rotatable bonds is 3. The van der Waals surface area contributed by atoms with Crippen molar-refractivity contribution in [2.45, 2.75) is 31.7 Å². The fraction of sp³-hybridized carbons (Fsp3) is 0.444. The van der Waals surface area contributed by atoms with Gasteiger partial charge in [-0.1, -0.05) is 23.7 Å². The van der Waals surface area contributed by atoms with Gasteiger partial charge in [-0.05, 0) is 37.5 Å². The molecule has 2 fully saturated rings. The number of nitrogens with one attached hydrogen (secondary N) is 1. The van der Waals surface area contributed by atoms with Crippen LogP contribution >= 0.6 is 11.6 Å². The molecule has 0 radical (unpaired) electrons. The Labute approximate surface area is 146 Å². The number of amides is 1. The number of oxazole rings is 1. The maximum atomic E-state index is 13.1. The molecule has 1 aliphatic heterocycles. The third kappa shape index (κ3) is 2.94. The van der Waals surface area contributed by atoms with Gasteiger partial charge in [0.1, 0.15) is 0 Å². The number of benzene rings is 1. The molecule has 1 amide bonds. The molecule has 6 heteroatoms. The molecule has 0 bridgehead atoms. The smallest absolute Gasteiger partial charge is 0.292 e. The Morgan fingerprint density at radius 2 is 2.25 bits per heavy atom. The van der Waals surface area contributed by atoms with Crippen LogP contribution in [-0.2, 0) is 0 Å². The summed E-state index contributed by atoms with van der Waals surface area (Å²) in [7, 11) is 0. The Bertz CT molecular complexity index is 769. The molecule has 1 aliphatic carbocycles. The fourth-order valence-electron chi connectivity index (χ4n) is 3.21. The Morgan fingerprint density at radius 3 is 3.00 bits per heavy atom. The fourth-order valence-corrected chi connectivity index (χ4v) is 3.41. The van der Waals surface area contributed by atoms with E-state index in [9.17, 15) is 4.79 Å². The first-order valence-corrected chi connectivity index (χ1v) is 8.76. The molecule has 0 spiro atoms. The molecule has 1 aromatic carbocycles. The topological polar surface area (TPSA) is 58.4 Å². The van der Waals surface area contributed by atoms with Crippen molar-refractivity contribution < 1.29 is 9.21 Å². The van der Waals surface area contributed by atoms with Gasteiger partial charge in [0.2, 0.25) is 5.76 Å². The number of aromatic nitrogens is 1. The number of hydrogen-bond donors (Lipinski definition) is 1. The van der Waals surface area contributed by atoms with Crippen LogP contribution in [0.3, 0.4) is 0 Å². The molecule has 1 saturated heterocycles. The van der Waals surface area contributed by atoms with Gasteiger partial charge in [0.15, 0.2) is 5.89 Å². The molecule has 1 aromatic heterocycles. The van der Waals surface area contributed by atoms with E-state index in [0.717, 1.165) is 24.9 Å². The number of halogens is 1. The van der Waals surface area contributed by atoms with Gasteiger partial charge in [-0.2, -0.15) is 0 Å². The first-order chi connectivity index (χ1) is 11.6. The molecule has 2 aliphatic rings. The lowest BCUT2D eigenvalue weighted by atomic mass is 10.0. The van der Waals surface area contributed by atoms with E-state index in [1.165, 1.54) is 0 Å². The predicted octanol–water partition coefficient (Wildman–Crippen LogP) is 3.30. The molecule has 1 atom stereocenters. The standard InChI is InChI=1S/C18H20ClN3O2/c1-11-16(24-17(21-11)12-5-6-12)18(23)22-8-7-20-10-15(22)13-3-2-4-14(19)9-13/h2-4,9,12,15,20H,5-8,10H2,1H3. The molecular weight excluding hydrogens is 326 g/mol. The highest BCUT2D eigenvalue weighted by Gasteiger charge is 2.35. The highest BCUT2D eigenvalue weighted by Crippen LogP contribution is 2.40. The van der Waals surface area contributed by atoms with E-state index in [0.29, 0.717) is 41.4 Å². The largest absolute Gasteiger partial charge is 0.435 e. The zero-order valence-electron chi connectivity index (χ0n) is 13.6. The van der Waals surface area contributed by atoms with E-state index >= 15 is 0 Å². The maximum absolute atomic E-state index is 13.1. The van der Waals surface area contributed by atoms with Gasteiger partial charge in [0, 0.05) is 30.6 Å². The second-order valence-electron chi connectivity index (χ2n) is 6.51. The van der Waals surface area contributed by atoms with Crippen molar-refractivity contribution in [3.8, 4) is 0 Å². The van der Waals surface area contributed by atoms with Gasteiger partial charge in [0.25, 0.3) is 5.91 Å². The van der Waals surface area contributed by atoms with Crippen LogP contribution in [0.2, 0.25) is 5.02 Å². The Balaban J connectivity index is 1.63. The van der Waals surface area contributed by atoms with Crippen molar-refractivity contribution in [1.82, 2.24) is 15.2 Å². The van der Waals surface area contributed by atoms with Crippen molar-refractivity contribution in [2.24, 2.45) is 0 Å². The minimum absolute atomic E-state index is 0.0566. The first-order valence-electron chi connectivity index (χ1n) is 8.38. The second kappa shape index (κ2) is 6.22. The number of hydrogen-bond acceptors (Lipinski definition) is 4.